The number of hydrogen-bond acceptors (Lipinski definition) is 3. The molecule has 0 amide bonds. The first-order valence-corrected chi connectivity index (χ1v) is 6.56. The van der Waals surface area contributed by atoms with Crippen molar-refractivity contribution in [1.29, 1.82) is 0 Å². The third kappa shape index (κ3) is 1.55. The summed E-state index contributed by atoms with van der Waals surface area (Å²) < 4.78 is 10.7. The molecule has 2 aliphatic carbocycles. The topological polar surface area (TPSA) is 35.5 Å². The predicted octanol–water partition coefficient (Wildman–Crippen LogP) is 2.64. The molecule has 98 valence electrons. The lowest BCUT2D eigenvalue weighted by molar-refractivity contribution is -0.144. The predicted molar refractivity (Wildman–Crippen MR) is 65.5 cm³/mol. The minimum absolute atomic E-state index is 0.000231. The highest BCUT2D eigenvalue weighted by Crippen LogP contribution is 2.72. The maximum absolute atomic E-state index is 11.9. The molecule has 2 rings (SSSR count). The van der Waals surface area contributed by atoms with Crippen molar-refractivity contribution in [3.05, 3.63) is 0 Å². The molecule has 0 aromatic heterocycles. The van der Waals surface area contributed by atoms with Crippen molar-refractivity contribution in [2.75, 3.05) is 14.2 Å². The van der Waals surface area contributed by atoms with E-state index >= 15 is 0 Å². The molecule has 4 atom stereocenters. The normalized spacial score (nSPS) is 44.4. The quantitative estimate of drug-likeness (QED) is 0.711. The lowest BCUT2D eigenvalue weighted by atomic mass is 9.76. The molecule has 2 fully saturated rings. The summed E-state index contributed by atoms with van der Waals surface area (Å²) in [4.78, 5) is 11.9. The Balaban J connectivity index is 2.22. The van der Waals surface area contributed by atoms with Gasteiger partial charge in [0.1, 0.15) is 0 Å². The molecule has 0 spiro atoms. The number of fused-ring (bicyclic) bond motifs is 1. The fourth-order valence-electron chi connectivity index (χ4n) is 3.98. The van der Waals surface area contributed by atoms with Gasteiger partial charge in [0.15, 0.2) is 0 Å². The van der Waals surface area contributed by atoms with Gasteiger partial charge >= 0.3 is 5.97 Å². The van der Waals surface area contributed by atoms with Gasteiger partial charge < -0.3 is 9.47 Å². The average molecular weight is 240 g/mol. The first-order chi connectivity index (χ1) is 7.93. The SMILES string of the molecule is COC(=O)[C@@H]1[C@]2(C)CC[C@@H](C(C)C)C[C@]12OC. The number of ether oxygens (including phenoxy) is 2. The third-order valence-corrected chi connectivity index (χ3v) is 5.33. The molecule has 0 heterocycles. The minimum atomic E-state index is -0.257. The van der Waals surface area contributed by atoms with Crippen LogP contribution in [0.3, 0.4) is 0 Å². The second-order valence-corrected chi connectivity index (χ2v) is 6.21. The van der Waals surface area contributed by atoms with E-state index in [9.17, 15) is 4.79 Å². The van der Waals surface area contributed by atoms with Crippen LogP contribution in [0.2, 0.25) is 0 Å². The summed E-state index contributed by atoms with van der Waals surface area (Å²) in [6, 6.07) is 0. The van der Waals surface area contributed by atoms with Crippen molar-refractivity contribution in [2.45, 2.75) is 45.6 Å². The third-order valence-electron chi connectivity index (χ3n) is 5.33. The molecule has 2 saturated carbocycles. The van der Waals surface area contributed by atoms with Gasteiger partial charge in [0.05, 0.1) is 18.6 Å². The summed E-state index contributed by atoms with van der Waals surface area (Å²) in [5.74, 6) is 1.16. The van der Waals surface area contributed by atoms with E-state index in [0.717, 1.165) is 12.8 Å². The van der Waals surface area contributed by atoms with E-state index < -0.39 is 0 Å². The summed E-state index contributed by atoms with van der Waals surface area (Å²) in [7, 11) is 3.21. The number of methoxy groups -OCH3 is 2. The van der Waals surface area contributed by atoms with Crippen LogP contribution in [0.1, 0.15) is 40.0 Å². The number of esters is 1. The second-order valence-electron chi connectivity index (χ2n) is 6.21. The maximum atomic E-state index is 11.9. The van der Waals surface area contributed by atoms with Crippen LogP contribution in [0.5, 0.6) is 0 Å². The van der Waals surface area contributed by atoms with E-state index in [4.69, 9.17) is 9.47 Å². The molecule has 17 heavy (non-hydrogen) atoms. The molecule has 3 nitrogen and oxygen atoms in total. The van der Waals surface area contributed by atoms with Gasteiger partial charge in [0.2, 0.25) is 0 Å². The van der Waals surface area contributed by atoms with E-state index in [0.29, 0.717) is 11.8 Å². The molecule has 3 heteroatoms. The van der Waals surface area contributed by atoms with E-state index in [2.05, 4.69) is 20.8 Å². The largest absolute Gasteiger partial charge is 0.469 e. The van der Waals surface area contributed by atoms with Gasteiger partial charge in [-0.2, -0.15) is 0 Å². The maximum Gasteiger partial charge on any atom is 0.312 e. The van der Waals surface area contributed by atoms with Crippen LogP contribution in [0.25, 0.3) is 0 Å². The smallest absolute Gasteiger partial charge is 0.312 e. The number of carbonyl (C=O) groups excluding carboxylic acids is 1. The Labute approximate surface area is 104 Å². The van der Waals surface area contributed by atoms with Crippen molar-refractivity contribution >= 4 is 5.97 Å². The second kappa shape index (κ2) is 3.98. The monoisotopic (exact) mass is 240 g/mol. The van der Waals surface area contributed by atoms with Gasteiger partial charge in [-0.3, -0.25) is 4.79 Å². The standard InChI is InChI=1S/C14H24O3/c1-9(2)10-6-7-13(3)11(12(15)16-4)14(13,8-10)17-5/h9-11H,6-8H2,1-5H3/t10-,11-,13+,14+/m1/s1. The molecule has 0 unspecified atom stereocenters. The fraction of sp³-hybridized carbons (Fsp3) is 0.929. The average Bonchev–Trinajstić information content (AvgIpc) is 2.87. The lowest BCUT2D eigenvalue weighted by Gasteiger charge is -2.34. The van der Waals surface area contributed by atoms with E-state index in [1.165, 1.54) is 13.5 Å². The van der Waals surface area contributed by atoms with Crippen LogP contribution >= 0.6 is 0 Å². The number of carbonyl (C=O) groups is 1. The lowest BCUT2D eigenvalue weighted by Crippen LogP contribution is -2.32. The van der Waals surface area contributed by atoms with Crippen molar-refractivity contribution in [3.8, 4) is 0 Å². The molecule has 0 aromatic rings. The van der Waals surface area contributed by atoms with Gasteiger partial charge in [0.25, 0.3) is 0 Å². The summed E-state index contributed by atoms with van der Waals surface area (Å²) in [6.07, 6.45) is 3.27. The van der Waals surface area contributed by atoms with E-state index in [-0.39, 0.29) is 22.9 Å². The first-order valence-electron chi connectivity index (χ1n) is 6.56. The zero-order valence-corrected chi connectivity index (χ0v) is 11.6. The van der Waals surface area contributed by atoms with Crippen LogP contribution in [0.4, 0.5) is 0 Å². The van der Waals surface area contributed by atoms with Gasteiger partial charge in [-0.25, -0.2) is 0 Å². The Morgan fingerprint density at radius 1 is 1.35 bits per heavy atom. The first kappa shape index (κ1) is 12.9. The molecule has 0 N–H and O–H groups in total. The Kier molecular flexibility index (Phi) is 3.01. The highest BCUT2D eigenvalue weighted by atomic mass is 16.5. The molecule has 0 radical (unpaired) electrons. The van der Waals surface area contributed by atoms with Crippen molar-refractivity contribution in [1.82, 2.24) is 0 Å². The summed E-state index contributed by atoms with van der Waals surface area (Å²) in [5.41, 5.74) is -0.256. The Bertz CT molecular complexity index is 325. The zero-order valence-electron chi connectivity index (χ0n) is 11.6. The Morgan fingerprint density at radius 3 is 2.47 bits per heavy atom. The van der Waals surface area contributed by atoms with Crippen LogP contribution in [-0.4, -0.2) is 25.8 Å². The van der Waals surface area contributed by atoms with Crippen molar-refractivity contribution < 1.29 is 14.3 Å². The Morgan fingerprint density at radius 2 is 2.00 bits per heavy atom. The van der Waals surface area contributed by atoms with E-state index in [1.807, 2.05) is 0 Å². The highest BCUT2D eigenvalue weighted by Gasteiger charge is 2.79. The van der Waals surface area contributed by atoms with Gasteiger partial charge in [-0.1, -0.05) is 20.8 Å². The van der Waals surface area contributed by atoms with Gasteiger partial charge in [-0.05, 0) is 31.1 Å². The van der Waals surface area contributed by atoms with Crippen LogP contribution < -0.4 is 0 Å². The summed E-state index contributed by atoms with van der Waals surface area (Å²) >= 11 is 0. The summed E-state index contributed by atoms with van der Waals surface area (Å²) in [6.45, 7) is 6.69. The fourth-order valence-corrected chi connectivity index (χ4v) is 3.98. The zero-order chi connectivity index (χ0) is 12.8. The molecular formula is C14H24O3. The van der Waals surface area contributed by atoms with Gasteiger partial charge in [-0.15, -0.1) is 0 Å². The van der Waals surface area contributed by atoms with Crippen LogP contribution in [-0.2, 0) is 14.3 Å². The minimum Gasteiger partial charge on any atom is -0.469 e. The molecule has 0 bridgehead atoms. The Hall–Kier alpha value is -0.570. The highest BCUT2D eigenvalue weighted by molar-refractivity contribution is 5.80. The summed E-state index contributed by atoms with van der Waals surface area (Å²) in [5, 5.41) is 0. The molecule has 0 aliphatic heterocycles. The van der Waals surface area contributed by atoms with Crippen molar-refractivity contribution in [2.24, 2.45) is 23.2 Å². The molecule has 0 saturated heterocycles. The van der Waals surface area contributed by atoms with Crippen LogP contribution in [0.15, 0.2) is 0 Å². The van der Waals surface area contributed by atoms with E-state index in [1.54, 1.807) is 7.11 Å². The molecule has 2 aliphatic rings. The number of hydrogen-bond donors (Lipinski definition) is 0. The van der Waals surface area contributed by atoms with Crippen molar-refractivity contribution in [3.63, 3.8) is 0 Å². The number of rotatable bonds is 3. The van der Waals surface area contributed by atoms with Crippen LogP contribution in [0, 0.1) is 23.2 Å². The molecular weight excluding hydrogens is 216 g/mol. The van der Waals surface area contributed by atoms with Gasteiger partial charge in [0, 0.05) is 12.5 Å². The molecule has 0 aromatic carbocycles.